The fourth-order valence-electron chi connectivity index (χ4n) is 1.60. The van der Waals surface area contributed by atoms with Crippen LogP contribution in [0.25, 0.3) is 11.6 Å². The zero-order chi connectivity index (χ0) is 13.7. The molecule has 0 aromatic heterocycles. The lowest BCUT2D eigenvalue weighted by atomic mass is 10.0. The predicted molar refractivity (Wildman–Crippen MR) is 71.7 cm³/mol. The van der Waals surface area contributed by atoms with Crippen LogP contribution in [0.4, 0.5) is 10.1 Å². The molecule has 18 heavy (non-hydrogen) atoms. The van der Waals surface area contributed by atoms with Gasteiger partial charge in [-0.1, -0.05) is 6.58 Å². The minimum Gasteiger partial charge on any atom is -0.466 e. The quantitative estimate of drug-likeness (QED) is 0.658. The molecule has 0 radical (unpaired) electrons. The van der Waals surface area contributed by atoms with Gasteiger partial charge in [0.25, 0.3) is 0 Å². The van der Waals surface area contributed by atoms with Crippen molar-refractivity contribution in [2.75, 3.05) is 19.5 Å². The molecule has 3 nitrogen and oxygen atoms in total. The van der Waals surface area contributed by atoms with E-state index in [-0.39, 0.29) is 5.82 Å². The highest BCUT2D eigenvalue weighted by Gasteiger charge is 2.09. The van der Waals surface area contributed by atoms with E-state index in [1.165, 1.54) is 31.4 Å². The Balaban J connectivity index is 3.30. The predicted octanol–water partition coefficient (Wildman–Crippen LogP) is 3.09. The first-order valence-corrected chi connectivity index (χ1v) is 5.42. The Morgan fingerprint density at radius 1 is 1.50 bits per heavy atom. The molecule has 1 aromatic carbocycles. The number of esters is 1. The molecule has 0 saturated heterocycles. The number of methoxy groups -OCH3 is 1. The summed E-state index contributed by atoms with van der Waals surface area (Å²) >= 11 is 0. The second-order valence-corrected chi connectivity index (χ2v) is 3.80. The number of allylic oxidation sites excluding steroid dienone is 1. The van der Waals surface area contributed by atoms with Crippen molar-refractivity contribution in [2.24, 2.45) is 0 Å². The number of hydrogen-bond donors (Lipinski definition) is 1. The first-order chi connectivity index (χ1) is 8.49. The lowest BCUT2D eigenvalue weighted by Crippen LogP contribution is -1.99. The monoisotopic (exact) mass is 249 g/mol. The molecule has 0 saturated carbocycles. The Morgan fingerprint density at radius 2 is 2.17 bits per heavy atom. The van der Waals surface area contributed by atoms with Gasteiger partial charge in [0, 0.05) is 29.9 Å². The number of anilines is 1. The normalized spacial score (nSPS) is 10.4. The molecule has 0 heterocycles. The van der Waals surface area contributed by atoms with E-state index >= 15 is 0 Å². The van der Waals surface area contributed by atoms with E-state index in [9.17, 15) is 9.18 Å². The topological polar surface area (TPSA) is 38.3 Å². The van der Waals surface area contributed by atoms with Gasteiger partial charge in [0.05, 0.1) is 7.11 Å². The van der Waals surface area contributed by atoms with Gasteiger partial charge < -0.3 is 10.1 Å². The largest absolute Gasteiger partial charge is 0.466 e. The first kappa shape index (κ1) is 14.0. The van der Waals surface area contributed by atoms with Gasteiger partial charge >= 0.3 is 5.97 Å². The Labute approximate surface area is 106 Å². The van der Waals surface area contributed by atoms with Crippen LogP contribution < -0.4 is 5.32 Å². The molecule has 1 aromatic rings. The average molecular weight is 249 g/mol. The lowest BCUT2D eigenvalue weighted by Gasteiger charge is -2.12. The first-order valence-electron chi connectivity index (χ1n) is 5.42. The summed E-state index contributed by atoms with van der Waals surface area (Å²) in [7, 11) is 3.02. The van der Waals surface area contributed by atoms with Crippen LogP contribution in [0.3, 0.4) is 0 Å². The maximum Gasteiger partial charge on any atom is 0.330 e. The summed E-state index contributed by atoms with van der Waals surface area (Å²) in [4.78, 5) is 11.0. The number of benzene rings is 1. The second kappa shape index (κ2) is 6.00. The third-order valence-corrected chi connectivity index (χ3v) is 2.44. The summed E-state index contributed by atoms with van der Waals surface area (Å²) in [5.41, 5.74) is 2.72. The van der Waals surface area contributed by atoms with Crippen LogP contribution in [0.1, 0.15) is 18.1 Å². The molecular formula is C14H16FNO2. The molecule has 96 valence electrons. The summed E-state index contributed by atoms with van der Waals surface area (Å²) in [6.07, 6.45) is 2.75. The van der Waals surface area contributed by atoms with Crippen molar-refractivity contribution in [1.29, 1.82) is 0 Å². The maximum atomic E-state index is 13.5. The van der Waals surface area contributed by atoms with E-state index in [1.807, 2.05) is 0 Å². The number of nitrogens with one attached hydrogen (secondary N) is 1. The van der Waals surface area contributed by atoms with Gasteiger partial charge in [0.2, 0.25) is 0 Å². The molecule has 1 N–H and O–H groups in total. The van der Waals surface area contributed by atoms with E-state index in [4.69, 9.17) is 0 Å². The number of carbonyl (C=O) groups is 1. The summed E-state index contributed by atoms with van der Waals surface area (Å²) < 4.78 is 18.0. The van der Waals surface area contributed by atoms with Crippen molar-refractivity contribution in [3.63, 3.8) is 0 Å². The molecule has 0 aliphatic carbocycles. The molecule has 4 heteroatoms. The second-order valence-electron chi connectivity index (χ2n) is 3.80. The smallest absolute Gasteiger partial charge is 0.330 e. The Kier molecular flexibility index (Phi) is 4.66. The van der Waals surface area contributed by atoms with Crippen LogP contribution in [0.15, 0.2) is 24.8 Å². The highest BCUT2D eigenvalue weighted by Crippen LogP contribution is 2.28. The Morgan fingerprint density at radius 3 is 2.67 bits per heavy atom. The molecule has 0 aliphatic heterocycles. The van der Waals surface area contributed by atoms with E-state index in [1.54, 1.807) is 14.0 Å². The SMILES string of the molecule is C=C(C)c1cc(F)cc(/C=C/C(=O)OC)c1NC. The molecule has 0 atom stereocenters. The van der Waals surface area contributed by atoms with Crippen molar-refractivity contribution < 1.29 is 13.9 Å². The van der Waals surface area contributed by atoms with Gasteiger partial charge in [-0.3, -0.25) is 0 Å². The van der Waals surface area contributed by atoms with Crippen molar-refractivity contribution in [1.82, 2.24) is 0 Å². The van der Waals surface area contributed by atoms with Crippen molar-refractivity contribution >= 4 is 23.3 Å². The molecule has 0 unspecified atom stereocenters. The van der Waals surface area contributed by atoms with Crippen LogP contribution in [0, 0.1) is 5.82 Å². The number of carbonyl (C=O) groups excluding carboxylic acids is 1. The lowest BCUT2D eigenvalue weighted by molar-refractivity contribution is -0.134. The fourth-order valence-corrected chi connectivity index (χ4v) is 1.60. The van der Waals surface area contributed by atoms with E-state index < -0.39 is 5.97 Å². The molecule has 0 fully saturated rings. The van der Waals surface area contributed by atoms with E-state index in [0.29, 0.717) is 11.1 Å². The summed E-state index contributed by atoms with van der Waals surface area (Å²) in [5, 5.41) is 2.98. The standard InChI is InChI=1S/C14H16FNO2/c1-9(2)12-8-11(15)7-10(14(12)16-3)5-6-13(17)18-4/h5-8,16H,1H2,2-4H3/b6-5+. The van der Waals surface area contributed by atoms with E-state index in [2.05, 4.69) is 16.6 Å². The van der Waals surface area contributed by atoms with Crippen molar-refractivity contribution in [3.05, 3.63) is 41.7 Å². The zero-order valence-corrected chi connectivity index (χ0v) is 10.7. The average Bonchev–Trinajstić information content (AvgIpc) is 2.34. The van der Waals surface area contributed by atoms with Gasteiger partial charge in [-0.2, -0.15) is 0 Å². The molecule has 0 amide bonds. The van der Waals surface area contributed by atoms with Crippen LogP contribution in [-0.4, -0.2) is 20.1 Å². The molecule has 0 bridgehead atoms. The Bertz CT molecular complexity index is 507. The minimum absolute atomic E-state index is 0.378. The van der Waals surface area contributed by atoms with Gasteiger partial charge in [-0.15, -0.1) is 0 Å². The highest BCUT2D eigenvalue weighted by molar-refractivity contribution is 5.90. The van der Waals surface area contributed by atoms with Crippen molar-refractivity contribution in [2.45, 2.75) is 6.92 Å². The van der Waals surface area contributed by atoms with Crippen LogP contribution in [0.2, 0.25) is 0 Å². The third kappa shape index (κ3) is 3.20. The highest BCUT2D eigenvalue weighted by atomic mass is 19.1. The Hall–Kier alpha value is -2.10. The molecule has 0 aliphatic rings. The molecule has 1 rings (SSSR count). The minimum atomic E-state index is -0.488. The van der Waals surface area contributed by atoms with Gasteiger partial charge in [0.15, 0.2) is 0 Å². The molecule has 0 spiro atoms. The summed E-state index contributed by atoms with van der Waals surface area (Å²) in [5.74, 6) is -0.866. The molecular weight excluding hydrogens is 233 g/mol. The maximum absolute atomic E-state index is 13.5. The zero-order valence-electron chi connectivity index (χ0n) is 10.7. The number of ether oxygens (including phenoxy) is 1. The third-order valence-electron chi connectivity index (χ3n) is 2.44. The van der Waals surface area contributed by atoms with E-state index in [0.717, 1.165) is 11.3 Å². The van der Waals surface area contributed by atoms with Crippen LogP contribution in [0.5, 0.6) is 0 Å². The van der Waals surface area contributed by atoms with Crippen LogP contribution in [-0.2, 0) is 9.53 Å². The van der Waals surface area contributed by atoms with Gasteiger partial charge in [0.1, 0.15) is 5.82 Å². The van der Waals surface area contributed by atoms with Gasteiger partial charge in [-0.05, 0) is 30.7 Å². The van der Waals surface area contributed by atoms with Gasteiger partial charge in [-0.25, -0.2) is 9.18 Å². The number of hydrogen-bond acceptors (Lipinski definition) is 3. The summed E-state index contributed by atoms with van der Waals surface area (Å²) in [6, 6.07) is 2.75. The summed E-state index contributed by atoms with van der Waals surface area (Å²) in [6.45, 7) is 5.60. The number of halogens is 1. The number of rotatable bonds is 4. The van der Waals surface area contributed by atoms with Crippen LogP contribution >= 0.6 is 0 Å². The van der Waals surface area contributed by atoms with Crippen molar-refractivity contribution in [3.8, 4) is 0 Å². The fraction of sp³-hybridized carbons (Fsp3) is 0.214.